The molecule has 0 aliphatic carbocycles. The average molecular weight is 208 g/mol. The molecule has 0 radical (unpaired) electrons. The van der Waals surface area contributed by atoms with Crippen LogP contribution in [0.4, 0.5) is 5.82 Å². The molecule has 1 aromatic rings. The summed E-state index contributed by atoms with van der Waals surface area (Å²) in [6.45, 7) is 3.08. The molecule has 1 aliphatic heterocycles. The van der Waals surface area contributed by atoms with E-state index in [0.29, 0.717) is 6.54 Å². The molecule has 0 fully saturated rings. The van der Waals surface area contributed by atoms with Crippen LogP contribution in [0, 0.1) is 0 Å². The first-order valence-electron chi connectivity index (χ1n) is 5.08. The molecule has 2 rings (SSSR count). The van der Waals surface area contributed by atoms with Crippen molar-refractivity contribution in [1.82, 2.24) is 15.1 Å². The van der Waals surface area contributed by atoms with Gasteiger partial charge in [-0.05, 0) is 0 Å². The maximum atomic E-state index is 11.3. The van der Waals surface area contributed by atoms with E-state index in [9.17, 15) is 4.79 Å². The lowest BCUT2D eigenvalue weighted by Gasteiger charge is -2.26. The fourth-order valence-corrected chi connectivity index (χ4v) is 1.92. The van der Waals surface area contributed by atoms with Crippen LogP contribution in [0.25, 0.3) is 0 Å². The molecule has 1 N–H and O–H groups in total. The van der Waals surface area contributed by atoms with E-state index >= 15 is 0 Å². The molecule has 0 unspecified atom stereocenters. The molecular weight excluding hydrogens is 192 g/mol. The van der Waals surface area contributed by atoms with Crippen molar-refractivity contribution in [3.8, 4) is 0 Å². The summed E-state index contributed by atoms with van der Waals surface area (Å²) in [5.74, 6) is 1.07. The van der Waals surface area contributed by atoms with E-state index < -0.39 is 0 Å². The number of amides is 1. The van der Waals surface area contributed by atoms with Gasteiger partial charge in [0.2, 0.25) is 5.91 Å². The number of carbonyl (C=O) groups excluding carboxylic acids is 1. The van der Waals surface area contributed by atoms with Crippen molar-refractivity contribution < 1.29 is 4.79 Å². The number of hydrogen-bond donors (Lipinski definition) is 1. The molecule has 0 aromatic carbocycles. The van der Waals surface area contributed by atoms with Crippen LogP contribution in [0.5, 0.6) is 0 Å². The minimum Gasteiger partial charge on any atom is -0.361 e. The summed E-state index contributed by atoms with van der Waals surface area (Å²) in [4.78, 5) is 15.1. The van der Waals surface area contributed by atoms with Crippen molar-refractivity contribution in [2.75, 3.05) is 25.5 Å². The Bertz CT molecular complexity index is 383. The summed E-state index contributed by atoms with van der Waals surface area (Å²) in [6.07, 6.45) is 0.871. The Hall–Kier alpha value is -1.52. The van der Waals surface area contributed by atoms with Gasteiger partial charge in [0.05, 0.1) is 6.54 Å². The third kappa shape index (κ3) is 1.69. The lowest BCUT2D eigenvalue weighted by Crippen LogP contribution is -2.34. The van der Waals surface area contributed by atoms with Crippen LogP contribution in [-0.2, 0) is 17.8 Å². The predicted octanol–water partition coefficient (Wildman–Crippen LogP) is 0.380. The average Bonchev–Trinajstić information content (AvgIpc) is 2.59. The fraction of sp³-hybridized carbons (Fsp3) is 0.600. The molecule has 1 aromatic heterocycles. The number of rotatable bonds is 1. The highest BCUT2D eigenvalue weighted by molar-refractivity contribution is 5.74. The number of hydrogen-bond acceptors (Lipinski definition) is 3. The van der Waals surface area contributed by atoms with Crippen LogP contribution in [0.3, 0.4) is 0 Å². The number of anilines is 1. The normalized spacial score (nSPS) is 15.0. The van der Waals surface area contributed by atoms with Crippen LogP contribution >= 0.6 is 0 Å². The molecule has 5 nitrogen and oxygen atoms in total. The third-order valence-corrected chi connectivity index (χ3v) is 2.78. The van der Waals surface area contributed by atoms with Crippen molar-refractivity contribution >= 4 is 11.7 Å². The van der Waals surface area contributed by atoms with Gasteiger partial charge in [-0.15, -0.1) is 0 Å². The van der Waals surface area contributed by atoms with Gasteiger partial charge in [-0.2, -0.15) is 5.10 Å². The number of H-pyrrole nitrogens is 1. The maximum absolute atomic E-state index is 11.3. The Morgan fingerprint density at radius 3 is 2.87 bits per heavy atom. The second-order valence-electron chi connectivity index (χ2n) is 4.09. The number of aromatic nitrogens is 2. The Morgan fingerprint density at radius 1 is 1.53 bits per heavy atom. The molecule has 2 heterocycles. The van der Waals surface area contributed by atoms with Crippen molar-refractivity contribution in [1.29, 1.82) is 0 Å². The lowest BCUT2D eigenvalue weighted by atomic mass is 10.1. The standard InChI is InChI=1S/C10H16N4O/c1-7(15)14-5-4-9-8(6-14)10(12-11-9)13(2)3/h4-6H2,1-3H3,(H,11,12). The van der Waals surface area contributed by atoms with Gasteiger partial charge < -0.3 is 9.80 Å². The molecule has 15 heavy (non-hydrogen) atoms. The van der Waals surface area contributed by atoms with E-state index in [0.717, 1.165) is 30.0 Å². The van der Waals surface area contributed by atoms with Crippen molar-refractivity contribution in [2.45, 2.75) is 19.9 Å². The maximum Gasteiger partial charge on any atom is 0.219 e. The van der Waals surface area contributed by atoms with Crippen molar-refractivity contribution in [3.63, 3.8) is 0 Å². The van der Waals surface area contributed by atoms with Crippen LogP contribution < -0.4 is 4.90 Å². The van der Waals surface area contributed by atoms with Gasteiger partial charge in [-0.1, -0.05) is 0 Å². The fourth-order valence-electron chi connectivity index (χ4n) is 1.92. The number of nitrogens with zero attached hydrogens (tertiary/aromatic N) is 3. The summed E-state index contributed by atoms with van der Waals surface area (Å²) in [5, 5.41) is 7.29. The second kappa shape index (κ2) is 3.56. The first-order valence-corrected chi connectivity index (χ1v) is 5.08. The zero-order valence-electron chi connectivity index (χ0n) is 9.37. The zero-order valence-corrected chi connectivity index (χ0v) is 9.37. The van der Waals surface area contributed by atoms with Gasteiger partial charge >= 0.3 is 0 Å². The predicted molar refractivity (Wildman–Crippen MR) is 57.7 cm³/mol. The summed E-state index contributed by atoms with van der Waals surface area (Å²) < 4.78 is 0. The highest BCUT2D eigenvalue weighted by Crippen LogP contribution is 2.25. The largest absolute Gasteiger partial charge is 0.361 e. The van der Waals surface area contributed by atoms with E-state index in [-0.39, 0.29) is 5.91 Å². The first-order chi connectivity index (χ1) is 7.09. The van der Waals surface area contributed by atoms with E-state index in [1.807, 2.05) is 23.9 Å². The van der Waals surface area contributed by atoms with Gasteiger partial charge in [0, 0.05) is 45.2 Å². The highest BCUT2D eigenvalue weighted by Gasteiger charge is 2.23. The molecule has 0 spiro atoms. The molecule has 0 saturated heterocycles. The van der Waals surface area contributed by atoms with Gasteiger partial charge in [0.1, 0.15) is 0 Å². The summed E-state index contributed by atoms with van der Waals surface area (Å²) in [6, 6.07) is 0. The minimum absolute atomic E-state index is 0.131. The molecule has 1 amide bonds. The molecule has 82 valence electrons. The monoisotopic (exact) mass is 208 g/mol. The molecule has 0 atom stereocenters. The van der Waals surface area contributed by atoms with E-state index in [2.05, 4.69) is 10.2 Å². The zero-order chi connectivity index (χ0) is 11.0. The summed E-state index contributed by atoms with van der Waals surface area (Å²) in [7, 11) is 3.92. The summed E-state index contributed by atoms with van der Waals surface area (Å²) >= 11 is 0. The molecule has 5 heteroatoms. The van der Waals surface area contributed by atoms with E-state index in [1.165, 1.54) is 0 Å². The third-order valence-electron chi connectivity index (χ3n) is 2.78. The molecular formula is C10H16N4O. The number of carbonyl (C=O) groups is 1. The SMILES string of the molecule is CC(=O)N1CCc2[nH]nc(N(C)C)c2C1. The van der Waals surface area contributed by atoms with Crippen LogP contribution in [0.15, 0.2) is 0 Å². The van der Waals surface area contributed by atoms with Crippen molar-refractivity contribution in [2.24, 2.45) is 0 Å². The van der Waals surface area contributed by atoms with Crippen LogP contribution in [0.1, 0.15) is 18.2 Å². The topological polar surface area (TPSA) is 52.2 Å². The molecule has 0 saturated carbocycles. The number of aromatic amines is 1. The molecule has 1 aliphatic rings. The lowest BCUT2D eigenvalue weighted by molar-refractivity contribution is -0.129. The minimum atomic E-state index is 0.131. The number of nitrogens with one attached hydrogen (secondary N) is 1. The van der Waals surface area contributed by atoms with E-state index in [1.54, 1.807) is 6.92 Å². The Morgan fingerprint density at radius 2 is 2.27 bits per heavy atom. The number of fused-ring (bicyclic) bond motifs is 1. The Kier molecular flexibility index (Phi) is 2.38. The smallest absolute Gasteiger partial charge is 0.219 e. The quantitative estimate of drug-likeness (QED) is 0.726. The Labute approximate surface area is 89.1 Å². The van der Waals surface area contributed by atoms with Crippen molar-refractivity contribution in [3.05, 3.63) is 11.3 Å². The first kappa shape index (κ1) is 10.0. The van der Waals surface area contributed by atoms with E-state index in [4.69, 9.17) is 0 Å². The van der Waals surface area contributed by atoms with Gasteiger partial charge in [-0.25, -0.2) is 0 Å². The molecule has 0 bridgehead atoms. The second-order valence-corrected chi connectivity index (χ2v) is 4.09. The van der Waals surface area contributed by atoms with Gasteiger partial charge in [0.25, 0.3) is 0 Å². The van der Waals surface area contributed by atoms with Crippen LogP contribution in [0.2, 0.25) is 0 Å². The highest BCUT2D eigenvalue weighted by atomic mass is 16.2. The van der Waals surface area contributed by atoms with Gasteiger partial charge in [0.15, 0.2) is 5.82 Å². The van der Waals surface area contributed by atoms with Gasteiger partial charge in [-0.3, -0.25) is 9.89 Å². The summed E-state index contributed by atoms with van der Waals surface area (Å²) in [5.41, 5.74) is 2.32. The Balaban J connectivity index is 2.30. The van der Waals surface area contributed by atoms with Crippen LogP contribution in [-0.4, -0.2) is 41.6 Å².